The lowest BCUT2D eigenvalue weighted by molar-refractivity contribution is 0.585. The van der Waals surface area contributed by atoms with E-state index >= 15 is 0 Å². The van der Waals surface area contributed by atoms with Crippen LogP contribution in [0.15, 0.2) is 48.2 Å². The second-order valence-electron chi connectivity index (χ2n) is 3.75. The summed E-state index contributed by atoms with van der Waals surface area (Å²) in [5.74, 6) is 0. The number of hydrogen-bond acceptors (Lipinski definition) is 1. The molecular weight excluding hydrogens is 212 g/mol. The normalized spacial score (nSPS) is 11.7. The predicted molar refractivity (Wildman–Crippen MR) is 71.4 cm³/mol. The molecule has 0 bridgehead atoms. The zero-order valence-electron chi connectivity index (χ0n) is 9.35. The minimum atomic E-state index is -1.27. The molecule has 2 aromatic carbocycles. The summed E-state index contributed by atoms with van der Waals surface area (Å²) < 4.78 is 0. The van der Waals surface area contributed by atoms with Gasteiger partial charge in [0.05, 0.1) is 0 Å². The van der Waals surface area contributed by atoms with E-state index in [1.807, 2.05) is 30.8 Å². The van der Waals surface area contributed by atoms with Gasteiger partial charge in [0, 0.05) is 0 Å². The fourth-order valence-electron chi connectivity index (χ4n) is 1.70. The molecule has 0 aliphatic heterocycles. The second kappa shape index (κ2) is 5.10. The van der Waals surface area contributed by atoms with E-state index < -0.39 is 9.04 Å². The van der Waals surface area contributed by atoms with Gasteiger partial charge in [-0.2, -0.15) is 0 Å². The molecule has 0 fully saturated rings. The average Bonchev–Trinajstić information content (AvgIpc) is 2.35. The molecule has 0 aliphatic carbocycles. The van der Waals surface area contributed by atoms with Crippen LogP contribution < -0.4 is 0 Å². The van der Waals surface area contributed by atoms with Crippen molar-refractivity contribution in [2.24, 2.45) is 0 Å². The van der Waals surface area contributed by atoms with Crippen molar-refractivity contribution in [1.29, 1.82) is 0 Å². The molecule has 16 heavy (non-hydrogen) atoms. The van der Waals surface area contributed by atoms with Crippen LogP contribution in [0.3, 0.4) is 0 Å². The Morgan fingerprint density at radius 1 is 1.12 bits per heavy atom. The lowest BCUT2D eigenvalue weighted by atomic mass is 10.1. The summed E-state index contributed by atoms with van der Waals surface area (Å²) in [6.45, 7) is 2.02. The third-order valence-electron chi connectivity index (χ3n) is 2.64. The van der Waals surface area contributed by atoms with E-state index in [-0.39, 0.29) is 0 Å². The van der Waals surface area contributed by atoms with E-state index in [0.29, 0.717) is 0 Å². The summed E-state index contributed by atoms with van der Waals surface area (Å²) >= 11 is 0. The van der Waals surface area contributed by atoms with E-state index in [9.17, 15) is 4.80 Å². The molecule has 0 atom stereocenters. The summed E-state index contributed by atoms with van der Waals surface area (Å²) in [5, 5.41) is 2.49. The summed E-state index contributed by atoms with van der Waals surface area (Å²) in [4.78, 5) is 9.61. The molecule has 2 rings (SSSR count). The number of hydrogen-bond donors (Lipinski definition) is 1. The molecule has 0 saturated carbocycles. The van der Waals surface area contributed by atoms with Gasteiger partial charge in [0.15, 0.2) is 0 Å². The molecule has 81 valence electrons. The first-order valence-electron chi connectivity index (χ1n) is 5.52. The van der Waals surface area contributed by atoms with Crippen molar-refractivity contribution in [3.63, 3.8) is 0 Å². The zero-order valence-corrected chi connectivity index (χ0v) is 10.4. The van der Waals surface area contributed by atoms with Crippen LogP contribution in [-0.2, 0) is 0 Å². The van der Waals surface area contributed by atoms with Crippen molar-refractivity contribution in [2.45, 2.75) is 13.0 Å². The maximum absolute atomic E-state index is 9.61. The molecule has 1 radical (unpaired) electrons. The smallest absolute Gasteiger partial charge is 0.234 e. The van der Waals surface area contributed by atoms with Crippen molar-refractivity contribution in [3.05, 3.63) is 53.7 Å². The van der Waals surface area contributed by atoms with Crippen LogP contribution in [-0.4, -0.2) is 13.8 Å². The van der Waals surface area contributed by atoms with Gasteiger partial charge >= 0.3 is 0 Å². The maximum atomic E-state index is 9.61. The largest absolute Gasteiger partial charge is 0.428 e. The van der Waals surface area contributed by atoms with Crippen LogP contribution in [0, 0.1) is 0 Å². The van der Waals surface area contributed by atoms with Crippen LogP contribution in [0.2, 0.25) is 6.04 Å². The SMILES string of the molecule is CC[Si](O)C=Cc1cccc2ccccc12. The molecule has 0 unspecified atom stereocenters. The Hall–Kier alpha value is -1.38. The standard InChI is InChI=1S/C14H15OSi/c1-2-16(15)11-10-13-8-5-7-12-6-3-4-9-14(12)13/h3-11,15H,2H2,1H3. The molecule has 2 heteroatoms. The molecule has 0 saturated heterocycles. The quantitative estimate of drug-likeness (QED) is 0.797. The van der Waals surface area contributed by atoms with E-state index in [1.165, 1.54) is 16.3 Å². The fourth-order valence-corrected chi connectivity index (χ4v) is 2.31. The van der Waals surface area contributed by atoms with Crippen molar-refractivity contribution in [1.82, 2.24) is 0 Å². The molecule has 1 N–H and O–H groups in total. The highest BCUT2D eigenvalue weighted by molar-refractivity contribution is 6.57. The van der Waals surface area contributed by atoms with Crippen molar-refractivity contribution >= 4 is 25.9 Å². The van der Waals surface area contributed by atoms with E-state index in [0.717, 1.165) is 6.04 Å². The van der Waals surface area contributed by atoms with Crippen LogP contribution in [0.1, 0.15) is 12.5 Å². The Morgan fingerprint density at radius 2 is 1.88 bits per heavy atom. The monoisotopic (exact) mass is 227 g/mol. The Labute approximate surface area is 97.8 Å². The van der Waals surface area contributed by atoms with Gasteiger partial charge in [-0.05, 0) is 22.4 Å². The molecule has 0 amide bonds. The van der Waals surface area contributed by atoms with Crippen LogP contribution in [0.25, 0.3) is 16.8 Å². The third-order valence-corrected chi connectivity index (χ3v) is 3.92. The van der Waals surface area contributed by atoms with E-state index in [1.54, 1.807) is 0 Å². The van der Waals surface area contributed by atoms with Crippen molar-refractivity contribution < 1.29 is 4.80 Å². The average molecular weight is 227 g/mol. The summed E-state index contributed by atoms with van der Waals surface area (Å²) in [7, 11) is -1.27. The molecular formula is C14H15OSi. The van der Waals surface area contributed by atoms with Crippen molar-refractivity contribution in [3.8, 4) is 0 Å². The summed E-state index contributed by atoms with van der Waals surface area (Å²) in [6.07, 6.45) is 2.04. The highest BCUT2D eigenvalue weighted by atomic mass is 28.3. The minimum absolute atomic E-state index is 0.853. The molecule has 0 aromatic heterocycles. The first-order chi connectivity index (χ1) is 7.81. The molecule has 0 aliphatic rings. The summed E-state index contributed by atoms with van der Waals surface area (Å²) in [5.41, 5.74) is 3.13. The fraction of sp³-hybridized carbons (Fsp3) is 0.143. The van der Waals surface area contributed by atoms with Gasteiger partial charge in [-0.3, -0.25) is 0 Å². The van der Waals surface area contributed by atoms with Crippen LogP contribution in [0.4, 0.5) is 0 Å². The topological polar surface area (TPSA) is 20.2 Å². The van der Waals surface area contributed by atoms with Gasteiger partial charge in [0.2, 0.25) is 9.04 Å². The summed E-state index contributed by atoms with van der Waals surface area (Å²) in [6, 6.07) is 15.4. The van der Waals surface area contributed by atoms with Gasteiger partial charge in [0.25, 0.3) is 0 Å². The van der Waals surface area contributed by atoms with Gasteiger partial charge in [0.1, 0.15) is 0 Å². The Bertz CT molecular complexity index is 500. The van der Waals surface area contributed by atoms with Crippen LogP contribution >= 0.6 is 0 Å². The van der Waals surface area contributed by atoms with Crippen molar-refractivity contribution in [2.75, 3.05) is 0 Å². The Balaban J connectivity index is 2.41. The van der Waals surface area contributed by atoms with E-state index in [4.69, 9.17) is 0 Å². The molecule has 0 spiro atoms. The first kappa shape index (κ1) is 11.1. The second-order valence-corrected chi connectivity index (χ2v) is 5.77. The highest BCUT2D eigenvalue weighted by Crippen LogP contribution is 2.19. The maximum Gasteiger partial charge on any atom is 0.234 e. The van der Waals surface area contributed by atoms with E-state index in [2.05, 4.69) is 30.3 Å². The zero-order chi connectivity index (χ0) is 11.4. The Morgan fingerprint density at radius 3 is 2.69 bits per heavy atom. The number of benzene rings is 2. The predicted octanol–water partition coefficient (Wildman–Crippen LogP) is 3.40. The van der Waals surface area contributed by atoms with Gasteiger partial charge in [-0.25, -0.2) is 0 Å². The van der Waals surface area contributed by atoms with Gasteiger partial charge in [-0.1, -0.05) is 61.2 Å². The first-order valence-corrected chi connectivity index (χ1v) is 7.25. The van der Waals surface area contributed by atoms with Gasteiger partial charge < -0.3 is 4.80 Å². The minimum Gasteiger partial charge on any atom is -0.428 e. The highest BCUT2D eigenvalue weighted by Gasteiger charge is 2.00. The number of rotatable bonds is 3. The lowest BCUT2D eigenvalue weighted by Crippen LogP contribution is -2.04. The molecule has 1 nitrogen and oxygen atoms in total. The molecule has 0 heterocycles. The Kier molecular flexibility index (Phi) is 3.54. The lowest BCUT2D eigenvalue weighted by Gasteiger charge is -2.02. The molecule has 2 aromatic rings. The van der Waals surface area contributed by atoms with Gasteiger partial charge in [-0.15, -0.1) is 0 Å². The van der Waals surface area contributed by atoms with Crippen LogP contribution in [0.5, 0.6) is 0 Å². The third kappa shape index (κ3) is 2.40. The number of fused-ring (bicyclic) bond motifs is 1.